The largest absolute Gasteiger partial charge is 0.354 e. The number of hydrogen-bond donors (Lipinski definition) is 2. The summed E-state index contributed by atoms with van der Waals surface area (Å²) in [5.74, 6) is -1.27. The highest BCUT2D eigenvalue weighted by atomic mass is 35.5. The highest BCUT2D eigenvalue weighted by Crippen LogP contribution is 2.18. The van der Waals surface area contributed by atoms with Crippen LogP contribution in [0.5, 0.6) is 0 Å². The van der Waals surface area contributed by atoms with E-state index in [1.165, 1.54) is 24.3 Å². The molecule has 1 atom stereocenters. The van der Waals surface area contributed by atoms with E-state index < -0.39 is 17.8 Å². The summed E-state index contributed by atoms with van der Waals surface area (Å²) in [6, 6.07) is 20.6. The molecule has 4 aromatic rings. The van der Waals surface area contributed by atoms with Crippen molar-refractivity contribution in [2.75, 3.05) is 6.54 Å². The maximum Gasteiger partial charge on any atom is 0.252 e. The molecule has 0 saturated heterocycles. The summed E-state index contributed by atoms with van der Waals surface area (Å²) < 4.78 is 14.9. The number of rotatable bonds is 8. The molecule has 6 nitrogen and oxygen atoms in total. The normalized spacial score (nSPS) is 11.6. The second-order valence-corrected chi connectivity index (χ2v) is 8.06. The summed E-state index contributed by atoms with van der Waals surface area (Å²) in [7, 11) is 0. The van der Waals surface area contributed by atoms with Crippen molar-refractivity contribution in [3.05, 3.63) is 119 Å². The zero-order chi connectivity index (χ0) is 23.9. The second-order valence-electron chi connectivity index (χ2n) is 7.62. The third kappa shape index (κ3) is 5.88. The molecule has 1 aromatic heterocycles. The van der Waals surface area contributed by atoms with Gasteiger partial charge in [0.1, 0.15) is 11.9 Å². The molecule has 8 heteroatoms. The molecule has 1 heterocycles. The lowest BCUT2D eigenvalue weighted by atomic mass is 10.0. The van der Waals surface area contributed by atoms with Gasteiger partial charge in [-0.1, -0.05) is 35.9 Å². The number of aromatic nitrogens is 2. The highest BCUT2D eigenvalue weighted by molar-refractivity contribution is 6.30. The van der Waals surface area contributed by atoms with Gasteiger partial charge >= 0.3 is 0 Å². The standard InChI is InChI=1S/C26H22ClFN4O2/c27-21-8-2-18(3-9-21)14-16-29-26(34)24(31-25(33)20-4-10-22(28)11-5-20)19-6-12-23(13-7-19)32-17-1-15-30-32/h1-13,15,17,24H,14,16H2,(H,29,34)(H,31,33). The molecule has 0 aliphatic carbocycles. The minimum Gasteiger partial charge on any atom is -0.354 e. The minimum absolute atomic E-state index is 0.258. The SMILES string of the molecule is O=C(NC(C(=O)NCCc1ccc(Cl)cc1)c1ccc(-n2cccn2)cc1)c1ccc(F)cc1. The van der Waals surface area contributed by atoms with Gasteiger partial charge in [0.25, 0.3) is 5.91 Å². The maximum absolute atomic E-state index is 13.3. The molecule has 1 unspecified atom stereocenters. The number of carbonyl (C=O) groups is 2. The van der Waals surface area contributed by atoms with Gasteiger partial charge in [-0.2, -0.15) is 5.10 Å². The van der Waals surface area contributed by atoms with Crippen LogP contribution in [-0.2, 0) is 11.2 Å². The van der Waals surface area contributed by atoms with Gasteiger partial charge in [0.05, 0.1) is 5.69 Å². The van der Waals surface area contributed by atoms with E-state index in [2.05, 4.69) is 15.7 Å². The fourth-order valence-corrected chi connectivity index (χ4v) is 3.57. The number of carbonyl (C=O) groups excluding carboxylic acids is 2. The van der Waals surface area contributed by atoms with E-state index in [1.807, 2.05) is 36.5 Å². The molecule has 0 radical (unpaired) electrons. The predicted octanol–water partition coefficient (Wildman–Crippen LogP) is 4.49. The molecular weight excluding hydrogens is 455 g/mol. The lowest BCUT2D eigenvalue weighted by Gasteiger charge is -2.19. The smallest absolute Gasteiger partial charge is 0.252 e. The van der Waals surface area contributed by atoms with Crippen molar-refractivity contribution in [2.45, 2.75) is 12.5 Å². The first-order valence-electron chi connectivity index (χ1n) is 10.7. The number of hydrogen-bond acceptors (Lipinski definition) is 3. The van der Waals surface area contributed by atoms with E-state index in [0.29, 0.717) is 23.6 Å². The zero-order valence-corrected chi connectivity index (χ0v) is 18.9. The summed E-state index contributed by atoms with van der Waals surface area (Å²) in [4.78, 5) is 25.9. The summed E-state index contributed by atoms with van der Waals surface area (Å²) in [5, 5.41) is 10.5. The van der Waals surface area contributed by atoms with E-state index in [4.69, 9.17) is 11.6 Å². The molecule has 0 bridgehead atoms. The van der Waals surface area contributed by atoms with E-state index in [9.17, 15) is 14.0 Å². The molecule has 3 aromatic carbocycles. The number of nitrogens with zero attached hydrogens (tertiary/aromatic N) is 2. The van der Waals surface area contributed by atoms with Crippen LogP contribution in [0.25, 0.3) is 5.69 Å². The maximum atomic E-state index is 13.3. The van der Waals surface area contributed by atoms with Crippen LogP contribution < -0.4 is 10.6 Å². The molecule has 0 aliphatic rings. The van der Waals surface area contributed by atoms with Crippen molar-refractivity contribution in [1.82, 2.24) is 20.4 Å². The van der Waals surface area contributed by atoms with E-state index >= 15 is 0 Å². The lowest BCUT2D eigenvalue weighted by Crippen LogP contribution is -2.41. The minimum atomic E-state index is -0.936. The Morgan fingerprint density at radius 3 is 2.32 bits per heavy atom. The first kappa shape index (κ1) is 23.2. The van der Waals surface area contributed by atoms with Crippen molar-refractivity contribution in [1.29, 1.82) is 0 Å². The summed E-state index contributed by atoms with van der Waals surface area (Å²) in [6.45, 7) is 0.384. The molecule has 4 rings (SSSR count). The van der Waals surface area contributed by atoms with Gasteiger partial charge in [0, 0.05) is 29.5 Å². The van der Waals surface area contributed by atoms with Crippen LogP contribution in [0.15, 0.2) is 91.3 Å². The van der Waals surface area contributed by atoms with Crippen LogP contribution in [0, 0.1) is 5.82 Å². The Morgan fingerprint density at radius 2 is 1.68 bits per heavy atom. The van der Waals surface area contributed by atoms with Crippen LogP contribution >= 0.6 is 11.6 Å². The van der Waals surface area contributed by atoms with Gasteiger partial charge in [-0.05, 0) is 72.1 Å². The van der Waals surface area contributed by atoms with Crippen molar-refractivity contribution in [2.24, 2.45) is 0 Å². The van der Waals surface area contributed by atoms with Crippen LogP contribution in [0.1, 0.15) is 27.5 Å². The Balaban J connectivity index is 1.50. The number of nitrogens with one attached hydrogen (secondary N) is 2. The molecule has 34 heavy (non-hydrogen) atoms. The first-order chi connectivity index (χ1) is 16.5. The van der Waals surface area contributed by atoms with E-state index in [0.717, 1.165) is 11.3 Å². The van der Waals surface area contributed by atoms with Gasteiger partial charge in [0.15, 0.2) is 0 Å². The first-order valence-corrected chi connectivity index (χ1v) is 11.1. The molecule has 0 fully saturated rings. The number of halogens is 2. The van der Waals surface area contributed by atoms with E-state index in [1.54, 1.807) is 35.1 Å². The Labute approximate surface area is 201 Å². The Bertz CT molecular complexity index is 1240. The molecule has 0 aliphatic heterocycles. The zero-order valence-electron chi connectivity index (χ0n) is 18.1. The monoisotopic (exact) mass is 476 g/mol. The Kier molecular flexibility index (Phi) is 7.34. The van der Waals surface area contributed by atoms with Crippen LogP contribution in [0.4, 0.5) is 4.39 Å². The average Bonchev–Trinajstić information content (AvgIpc) is 3.39. The molecule has 2 N–H and O–H groups in total. The third-order valence-corrected chi connectivity index (χ3v) is 5.52. The Hall–Kier alpha value is -3.97. The van der Waals surface area contributed by atoms with Crippen LogP contribution in [-0.4, -0.2) is 28.1 Å². The molecule has 0 spiro atoms. The fourth-order valence-electron chi connectivity index (χ4n) is 3.44. The van der Waals surface area contributed by atoms with E-state index in [-0.39, 0.29) is 11.5 Å². The second kappa shape index (κ2) is 10.8. The summed E-state index contributed by atoms with van der Waals surface area (Å²) in [6.07, 6.45) is 4.10. The Morgan fingerprint density at radius 1 is 0.971 bits per heavy atom. The van der Waals surface area contributed by atoms with Gasteiger partial charge in [-0.25, -0.2) is 9.07 Å². The predicted molar refractivity (Wildman–Crippen MR) is 128 cm³/mol. The average molecular weight is 477 g/mol. The summed E-state index contributed by atoms with van der Waals surface area (Å²) in [5.41, 5.74) is 2.71. The van der Waals surface area contributed by atoms with Crippen LogP contribution in [0.2, 0.25) is 5.02 Å². The fraction of sp³-hybridized carbons (Fsp3) is 0.115. The molecular formula is C26H22ClFN4O2. The summed E-state index contributed by atoms with van der Waals surface area (Å²) >= 11 is 5.92. The van der Waals surface area contributed by atoms with Crippen molar-refractivity contribution >= 4 is 23.4 Å². The molecule has 2 amide bonds. The van der Waals surface area contributed by atoms with Crippen molar-refractivity contribution < 1.29 is 14.0 Å². The molecule has 0 saturated carbocycles. The topological polar surface area (TPSA) is 76.0 Å². The van der Waals surface area contributed by atoms with Crippen molar-refractivity contribution in [3.63, 3.8) is 0 Å². The lowest BCUT2D eigenvalue weighted by molar-refractivity contribution is -0.123. The molecule has 172 valence electrons. The third-order valence-electron chi connectivity index (χ3n) is 5.27. The number of amides is 2. The highest BCUT2D eigenvalue weighted by Gasteiger charge is 2.23. The van der Waals surface area contributed by atoms with Gasteiger partial charge in [0.2, 0.25) is 5.91 Å². The van der Waals surface area contributed by atoms with Crippen LogP contribution in [0.3, 0.4) is 0 Å². The van der Waals surface area contributed by atoms with Gasteiger partial charge in [-0.15, -0.1) is 0 Å². The van der Waals surface area contributed by atoms with Gasteiger partial charge in [-0.3, -0.25) is 9.59 Å². The quantitative estimate of drug-likeness (QED) is 0.393. The number of benzene rings is 3. The van der Waals surface area contributed by atoms with Crippen molar-refractivity contribution in [3.8, 4) is 5.69 Å². The van der Waals surface area contributed by atoms with Gasteiger partial charge < -0.3 is 10.6 Å².